The number of rotatable bonds is 3. The van der Waals surface area contributed by atoms with Crippen molar-refractivity contribution in [3.8, 4) is 11.5 Å². The average molecular weight is 227 g/mol. The molecular formula is C12H15ClO2. The van der Waals surface area contributed by atoms with Crippen LogP contribution in [0.25, 0.3) is 0 Å². The molecule has 1 aliphatic carbocycles. The van der Waals surface area contributed by atoms with Crippen molar-refractivity contribution >= 4 is 11.6 Å². The summed E-state index contributed by atoms with van der Waals surface area (Å²) < 4.78 is 10.8. The zero-order valence-electron chi connectivity index (χ0n) is 9.10. The molecule has 0 spiro atoms. The lowest BCUT2D eigenvalue weighted by Gasteiger charge is -2.15. The highest BCUT2D eigenvalue weighted by molar-refractivity contribution is 6.17. The molecule has 0 aromatic heterocycles. The number of fused-ring (bicyclic) bond motifs is 1. The van der Waals surface area contributed by atoms with Crippen LogP contribution >= 0.6 is 11.6 Å². The van der Waals surface area contributed by atoms with Crippen LogP contribution in [0.2, 0.25) is 0 Å². The van der Waals surface area contributed by atoms with Gasteiger partial charge >= 0.3 is 0 Å². The van der Waals surface area contributed by atoms with Gasteiger partial charge in [-0.1, -0.05) is 0 Å². The zero-order valence-corrected chi connectivity index (χ0v) is 9.86. The SMILES string of the molecule is COc1cc(CCl)c(OC)c2c1CCC2. The summed E-state index contributed by atoms with van der Waals surface area (Å²) in [7, 11) is 3.41. The van der Waals surface area contributed by atoms with E-state index in [4.69, 9.17) is 21.1 Å². The molecule has 0 saturated heterocycles. The van der Waals surface area contributed by atoms with Crippen LogP contribution in [0, 0.1) is 0 Å². The molecule has 0 atom stereocenters. The molecule has 0 radical (unpaired) electrons. The number of methoxy groups -OCH3 is 2. The molecule has 0 saturated carbocycles. The van der Waals surface area contributed by atoms with Crippen LogP contribution in [-0.4, -0.2) is 14.2 Å². The molecule has 0 N–H and O–H groups in total. The first-order chi connectivity index (χ1) is 7.31. The third kappa shape index (κ3) is 1.67. The van der Waals surface area contributed by atoms with Gasteiger partial charge < -0.3 is 9.47 Å². The van der Waals surface area contributed by atoms with E-state index in [9.17, 15) is 0 Å². The Labute approximate surface area is 95.1 Å². The van der Waals surface area contributed by atoms with Crippen molar-refractivity contribution in [2.45, 2.75) is 25.1 Å². The van der Waals surface area contributed by atoms with E-state index in [-0.39, 0.29) is 0 Å². The molecule has 2 nitrogen and oxygen atoms in total. The lowest BCUT2D eigenvalue weighted by molar-refractivity contribution is 0.395. The molecule has 15 heavy (non-hydrogen) atoms. The normalized spacial score (nSPS) is 13.8. The fraction of sp³-hybridized carbons (Fsp3) is 0.500. The molecule has 0 fully saturated rings. The van der Waals surface area contributed by atoms with Crippen LogP contribution in [0.4, 0.5) is 0 Å². The van der Waals surface area contributed by atoms with Gasteiger partial charge in [0.1, 0.15) is 11.5 Å². The number of halogens is 1. The molecule has 1 aliphatic rings. The maximum Gasteiger partial charge on any atom is 0.126 e. The van der Waals surface area contributed by atoms with Crippen LogP contribution in [0.3, 0.4) is 0 Å². The van der Waals surface area contributed by atoms with Crippen molar-refractivity contribution in [1.82, 2.24) is 0 Å². The van der Waals surface area contributed by atoms with Gasteiger partial charge in [0.15, 0.2) is 0 Å². The summed E-state index contributed by atoms with van der Waals surface area (Å²) in [6.07, 6.45) is 3.32. The molecule has 1 aromatic rings. The Hall–Kier alpha value is -0.890. The van der Waals surface area contributed by atoms with Crippen molar-refractivity contribution in [3.63, 3.8) is 0 Å². The summed E-state index contributed by atoms with van der Waals surface area (Å²) >= 11 is 5.91. The van der Waals surface area contributed by atoms with Crippen LogP contribution in [0.15, 0.2) is 6.07 Å². The quantitative estimate of drug-likeness (QED) is 0.738. The van der Waals surface area contributed by atoms with Gasteiger partial charge in [0, 0.05) is 16.7 Å². The Balaban J connectivity index is 2.60. The van der Waals surface area contributed by atoms with Crippen LogP contribution < -0.4 is 9.47 Å². The van der Waals surface area contributed by atoms with E-state index in [1.165, 1.54) is 17.5 Å². The van der Waals surface area contributed by atoms with Gasteiger partial charge in [-0.15, -0.1) is 11.6 Å². The van der Waals surface area contributed by atoms with Crippen molar-refractivity contribution in [2.24, 2.45) is 0 Å². The van der Waals surface area contributed by atoms with E-state index in [0.717, 1.165) is 29.9 Å². The first-order valence-electron chi connectivity index (χ1n) is 5.13. The molecule has 0 aliphatic heterocycles. The molecule has 1 aromatic carbocycles. The van der Waals surface area contributed by atoms with Crippen molar-refractivity contribution < 1.29 is 9.47 Å². The highest BCUT2D eigenvalue weighted by Crippen LogP contribution is 2.40. The highest BCUT2D eigenvalue weighted by atomic mass is 35.5. The third-order valence-corrected chi connectivity index (χ3v) is 3.24. The van der Waals surface area contributed by atoms with Crippen molar-refractivity contribution in [3.05, 3.63) is 22.8 Å². The van der Waals surface area contributed by atoms with Crippen LogP contribution in [-0.2, 0) is 18.7 Å². The molecule has 3 heteroatoms. The molecule has 0 bridgehead atoms. The standard InChI is InChI=1S/C12H15ClO2/c1-14-11-6-8(7-13)12(15-2)10-5-3-4-9(10)11/h6H,3-5,7H2,1-2H3. The van der Waals surface area contributed by atoms with Gasteiger partial charge in [0.25, 0.3) is 0 Å². The second-order valence-corrected chi connectivity index (χ2v) is 3.98. The number of ether oxygens (including phenoxy) is 2. The van der Waals surface area contributed by atoms with E-state index < -0.39 is 0 Å². The van der Waals surface area contributed by atoms with Crippen molar-refractivity contribution in [1.29, 1.82) is 0 Å². The Morgan fingerprint density at radius 2 is 1.93 bits per heavy atom. The number of hydrogen-bond acceptors (Lipinski definition) is 2. The van der Waals surface area contributed by atoms with Crippen LogP contribution in [0.1, 0.15) is 23.1 Å². The van der Waals surface area contributed by atoms with Crippen LogP contribution in [0.5, 0.6) is 11.5 Å². The Kier molecular flexibility index (Phi) is 3.06. The summed E-state index contributed by atoms with van der Waals surface area (Å²) in [4.78, 5) is 0. The van der Waals surface area contributed by atoms with Gasteiger partial charge in [-0.2, -0.15) is 0 Å². The van der Waals surface area contributed by atoms with E-state index in [2.05, 4.69) is 0 Å². The van der Waals surface area contributed by atoms with Gasteiger partial charge in [-0.05, 0) is 25.3 Å². The van der Waals surface area contributed by atoms with Gasteiger partial charge in [-0.3, -0.25) is 0 Å². The summed E-state index contributed by atoms with van der Waals surface area (Å²) in [5, 5.41) is 0. The predicted molar refractivity (Wildman–Crippen MR) is 61.1 cm³/mol. The molecule has 0 unspecified atom stereocenters. The van der Waals surface area contributed by atoms with Crippen molar-refractivity contribution in [2.75, 3.05) is 14.2 Å². The largest absolute Gasteiger partial charge is 0.496 e. The third-order valence-electron chi connectivity index (χ3n) is 2.95. The predicted octanol–water partition coefficient (Wildman–Crippen LogP) is 2.93. The summed E-state index contributed by atoms with van der Waals surface area (Å²) in [5.41, 5.74) is 3.60. The fourth-order valence-corrected chi connectivity index (χ4v) is 2.51. The first-order valence-corrected chi connectivity index (χ1v) is 5.66. The Bertz CT molecular complexity index is 374. The van der Waals surface area contributed by atoms with Gasteiger partial charge in [0.2, 0.25) is 0 Å². The minimum atomic E-state index is 0.465. The smallest absolute Gasteiger partial charge is 0.126 e. The summed E-state index contributed by atoms with van der Waals surface area (Å²) in [5.74, 6) is 2.38. The lowest BCUT2D eigenvalue weighted by atomic mass is 10.0. The van der Waals surface area contributed by atoms with Gasteiger partial charge in [-0.25, -0.2) is 0 Å². The van der Waals surface area contributed by atoms with Gasteiger partial charge in [0.05, 0.1) is 20.1 Å². The maximum atomic E-state index is 5.91. The van der Waals surface area contributed by atoms with E-state index >= 15 is 0 Å². The lowest BCUT2D eigenvalue weighted by Crippen LogP contribution is -1.99. The summed E-state index contributed by atoms with van der Waals surface area (Å²) in [6.45, 7) is 0. The monoisotopic (exact) mass is 226 g/mol. The molecule has 82 valence electrons. The topological polar surface area (TPSA) is 18.5 Å². The zero-order chi connectivity index (χ0) is 10.8. The second-order valence-electron chi connectivity index (χ2n) is 3.72. The minimum absolute atomic E-state index is 0.465. The molecular weight excluding hydrogens is 212 g/mol. The summed E-state index contributed by atoms with van der Waals surface area (Å²) in [6, 6.07) is 2.00. The second kappa shape index (κ2) is 4.31. The molecule has 0 heterocycles. The van der Waals surface area contributed by atoms with E-state index in [1.54, 1.807) is 14.2 Å². The highest BCUT2D eigenvalue weighted by Gasteiger charge is 2.22. The maximum absolute atomic E-state index is 5.91. The Morgan fingerprint density at radius 3 is 2.53 bits per heavy atom. The minimum Gasteiger partial charge on any atom is -0.496 e. The number of alkyl halides is 1. The molecule has 0 amide bonds. The first kappa shape index (κ1) is 10.6. The fourth-order valence-electron chi connectivity index (χ4n) is 2.31. The van der Waals surface area contributed by atoms with E-state index in [0.29, 0.717) is 5.88 Å². The number of hydrogen-bond donors (Lipinski definition) is 0. The average Bonchev–Trinajstić information content (AvgIpc) is 2.75. The Morgan fingerprint density at radius 1 is 1.20 bits per heavy atom. The van der Waals surface area contributed by atoms with E-state index in [1.807, 2.05) is 6.07 Å². The molecule has 2 rings (SSSR count). The number of benzene rings is 1.